The zero-order valence-electron chi connectivity index (χ0n) is 16.1. The Hall–Kier alpha value is -2.98. The van der Waals surface area contributed by atoms with Crippen molar-refractivity contribution >= 4 is 34.6 Å². The van der Waals surface area contributed by atoms with Crippen molar-refractivity contribution in [3.63, 3.8) is 0 Å². The third-order valence-electron chi connectivity index (χ3n) is 5.45. The van der Waals surface area contributed by atoms with Crippen molar-refractivity contribution in [1.29, 1.82) is 0 Å². The van der Waals surface area contributed by atoms with Crippen LogP contribution in [0.4, 0.5) is 11.4 Å². The molecule has 2 heterocycles. The molecule has 1 aliphatic heterocycles. The van der Waals surface area contributed by atoms with Crippen molar-refractivity contribution in [2.24, 2.45) is 4.99 Å². The second-order valence-corrected chi connectivity index (χ2v) is 8.14. The Labute approximate surface area is 174 Å². The van der Waals surface area contributed by atoms with E-state index in [1.165, 1.54) is 18.5 Å². The van der Waals surface area contributed by atoms with Crippen LogP contribution in [0.3, 0.4) is 0 Å². The van der Waals surface area contributed by atoms with Crippen molar-refractivity contribution < 1.29 is 4.79 Å². The Morgan fingerprint density at radius 2 is 1.86 bits per heavy atom. The van der Waals surface area contributed by atoms with Gasteiger partial charge in [-0.3, -0.25) is 14.8 Å². The van der Waals surface area contributed by atoms with Gasteiger partial charge in [-0.2, -0.15) is 0 Å². The number of anilines is 1. The van der Waals surface area contributed by atoms with E-state index in [4.69, 9.17) is 16.6 Å². The maximum absolute atomic E-state index is 12.4. The predicted molar refractivity (Wildman–Crippen MR) is 117 cm³/mol. The van der Waals surface area contributed by atoms with Gasteiger partial charge >= 0.3 is 0 Å². The van der Waals surface area contributed by atoms with Crippen molar-refractivity contribution in [1.82, 2.24) is 4.98 Å². The van der Waals surface area contributed by atoms with E-state index in [1.807, 2.05) is 31.3 Å². The molecule has 5 rings (SSSR count). The molecule has 1 aliphatic carbocycles. The summed E-state index contributed by atoms with van der Waals surface area (Å²) in [7, 11) is 0. The molecular weight excluding hydrogens is 382 g/mol. The third-order valence-corrected chi connectivity index (χ3v) is 5.85. The number of aliphatic imine (C=N–C) groups is 1. The lowest BCUT2D eigenvalue weighted by atomic mass is 10.00. The first-order valence-corrected chi connectivity index (χ1v) is 10.2. The highest BCUT2D eigenvalue weighted by Gasteiger charge is 2.24. The summed E-state index contributed by atoms with van der Waals surface area (Å²) >= 11 is 6.22. The number of fused-ring (bicyclic) bond motifs is 1. The van der Waals surface area contributed by atoms with Gasteiger partial charge in [-0.05, 0) is 60.7 Å². The first kappa shape index (κ1) is 18.1. The SMILES string of the molecule is Cc1cc2c(cc1Cl)NC(=O)CC(c1cccc(-c3ccc(C4CC4)nc3)c1)=N2. The lowest BCUT2D eigenvalue weighted by molar-refractivity contribution is -0.115. The molecule has 1 N–H and O–H groups in total. The average Bonchev–Trinajstić information content (AvgIpc) is 3.57. The maximum atomic E-state index is 12.4. The molecule has 1 fully saturated rings. The number of nitrogens with zero attached hydrogens (tertiary/aromatic N) is 2. The molecule has 29 heavy (non-hydrogen) atoms. The van der Waals surface area contributed by atoms with Gasteiger partial charge in [0.1, 0.15) is 0 Å². The number of benzene rings is 2. The fourth-order valence-corrected chi connectivity index (χ4v) is 3.80. The van der Waals surface area contributed by atoms with Gasteiger partial charge in [-0.1, -0.05) is 35.9 Å². The number of hydrogen-bond donors (Lipinski definition) is 1. The molecule has 5 heteroatoms. The van der Waals surface area contributed by atoms with Crippen LogP contribution in [0, 0.1) is 6.92 Å². The van der Waals surface area contributed by atoms with Crippen LogP contribution in [-0.2, 0) is 4.79 Å². The Kier molecular flexibility index (Phi) is 4.44. The summed E-state index contributed by atoms with van der Waals surface area (Å²) in [5.74, 6) is 0.551. The summed E-state index contributed by atoms with van der Waals surface area (Å²) in [6.07, 6.45) is 4.65. The van der Waals surface area contributed by atoms with Crippen molar-refractivity contribution in [3.05, 3.63) is 76.6 Å². The first-order valence-electron chi connectivity index (χ1n) is 9.81. The van der Waals surface area contributed by atoms with Crippen LogP contribution in [0.1, 0.15) is 42.0 Å². The van der Waals surface area contributed by atoms with Crippen LogP contribution in [0.5, 0.6) is 0 Å². The van der Waals surface area contributed by atoms with Gasteiger partial charge in [0.2, 0.25) is 5.91 Å². The summed E-state index contributed by atoms with van der Waals surface area (Å²) in [5.41, 5.74) is 7.30. The van der Waals surface area contributed by atoms with Gasteiger partial charge in [-0.25, -0.2) is 0 Å². The number of halogens is 1. The molecule has 0 unspecified atom stereocenters. The fourth-order valence-electron chi connectivity index (χ4n) is 3.63. The number of carbonyl (C=O) groups excluding carboxylic acids is 1. The van der Waals surface area contributed by atoms with Crippen LogP contribution in [-0.4, -0.2) is 16.6 Å². The molecule has 0 radical (unpaired) electrons. The number of pyridine rings is 1. The standard InChI is InChI=1S/C24H20ClN3O/c1-14-9-22-23(11-19(14)25)28-24(29)12-21(27-22)17-4-2-3-16(10-17)18-7-8-20(26-13-18)15-5-6-15/h2-4,7-11,13,15H,5-6,12H2,1H3,(H,28,29). The van der Waals surface area contributed by atoms with Crippen molar-refractivity contribution in [2.45, 2.75) is 32.1 Å². The van der Waals surface area contributed by atoms with E-state index < -0.39 is 0 Å². The smallest absolute Gasteiger partial charge is 0.230 e. The van der Waals surface area contributed by atoms with Gasteiger partial charge in [0.15, 0.2) is 0 Å². The van der Waals surface area contributed by atoms with E-state index in [2.05, 4.69) is 34.6 Å². The third kappa shape index (κ3) is 3.68. The van der Waals surface area contributed by atoms with Gasteiger partial charge in [0, 0.05) is 28.4 Å². The summed E-state index contributed by atoms with van der Waals surface area (Å²) in [6.45, 7) is 1.93. The minimum atomic E-state index is -0.0942. The highest BCUT2D eigenvalue weighted by Crippen LogP contribution is 2.39. The number of amides is 1. The number of carbonyl (C=O) groups is 1. The van der Waals surface area contributed by atoms with Gasteiger partial charge in [-0.15, -0.1) is 0 Å². The van der Waals surface area contributed by atoms with E-state index >= 15 is 0 Å². The van der Waals surface area contributed by atoms with E-state index in [1.54, 1.807) is 6.07 Å². The summed E-state index contributed by atoms with van der Waals surface area (Å²) < 4.78 is 0. The summed E-state index contributed by atoms with van der Waals surface area (Å²) in [5, 5.41) is 3.53. The Bertz CT molecular complexity index is 1150. The Balaban J connectivity index is 1.52. The highest BCUT2D eigenvalue weighted by atomic mass is 35.5. The van der Waals surface area contributed by atoms with E-state index in [9.17, 15) is 4.79 Å². The largest absolute Gasteiger partial charge is 0.324 e. The normalized spacial score (nSPS) is 15.9. The molecule has 3 aromatic rings. The lowest BCUT2D eigenvalue weighted by Gasteiger charge is -2.08. The molecule has 1 aromatic heterocycles. The van der Waals surface area contributed by atoms with Crippen molar-refractivity contribution in [3.8, 4) is 11.1 Å². The van der Waals surface area contributed by atoms with E-state index in [0.717, 1.165) is 33.7 Å². The van der Waals surface area contributed by atoms with Crippen LogP contribution in [0.15, 0.2) is 59.7 Å². The molecule has 1 saturated carbocycles. The lowest BCUT2D eigenvalue weighted by Crippen LogP contribution is -2.15. The monoisotopic (exact) mass is 401 g/mol. The van der Waals surface area contributed by atoms with Gasteiger partial charge < -0.3 is 5.32 Å². The summed E-state index contributed by atoms with van der Waals surface area (Å²) in [4.78, 5) is 21.9. The zero-order valence-corrected chi connectivity index (χ0v) is 16.8. The molecule has 0 saturated heterocycles. The van der Waals surface area contributed by atoms with Gasteiger partial charge in [0.25, 0.3) is 0 Å². The first-order chi connectivity index (χ1) is 14.1. The molecule has 144 valence electrons. The quantitative estimate of drug-likeness (QED) is 0.580. The molecule has 4 nitrogen and oxygen atoms in total. The minimum Gasteiger partial charge on any atom is -0.324 e. The second-order valence-electron chi connectivity index (χ2n) is 7.73. The van der Waals surface area contributed by atoms with Crippen LogP contribution in [0.25, 0.3) is 11.1 Å². The summed E-state index contributed by atoms with van der Waals surface area (Å²) in [6, 6.07) is 16.1. The molecule has 2 aromatic carbocycles. The molecule has 0 atom stereocenters. The fraction of sp³-hybridized carbons (Fsp3) is 0.208. The Morgan fingerprint density at radius 3 is 2.62 bits per heavy atom. The van der Waals surface area contributed by atoms with Gasteiger partial charge in [0.05, 0.1) is 23.5 Å². The van der Waals surface area contributed by atoms with Crippen LogP contribution >= 0.6 is 11.6 Å². The molecular formula is C24H20ClN3O. The molecule has 0 bridgehead atoms. The van der Waals surface area contributed by atoms with E-state index in [-0.39, 0.29) is 12.3 Å². The average molecular weight is 402 g/mol. The second kappa shape index (κ2) is 7.12. The zero-order chi connectivity index (χ0) is 20.0. The maximum Gasteiger partial charge on any atom is 0.230 e. The molecule has 0 spiro atoms. The number of rotatable bonds is 3. The van der Waals surface area contributed by atoms with Crippen LogP contribution < -0.4 is 5.32 Å². The van der Waals surface area contributed by atoms with E-state index in [0.29, 0.717) is 16.6 Å². The van der Waals surface area contributed by atoms with Crippen molar-refractivity contribution in [2.75, 3.05) is 5.32 Å². The predicted octanol–water partition coefficient (Wildman–Crippen LogP) is 6.05. The van der Waals surface area contributed by atoms with Crippen LogP contribution in [0.2, 0.25) is 5.02 Å². The topological polar surface area (TPSA) is 54.4 Å². The highest BCUT2D eigenvalue weighted by molar-refractivity contribution is 6.32. The number of nitrogens with one attached hydrogen (secondary N) is 1. The number of aryl methyl sites for hydroxylation is 1. The number of hydrogen-bond acceptors (Lipinski definition) is 3. The number of aromatic nitrogens is 1. The molecule has 1 amide bonds. The molecule has 2 aliphatic rings. The Morgan fingerprint density at radius 1 is 1.03 bits per heavy atom. The minimum absolute atomic E-state index is 0.0942.